The van der Waals surface area contributed by atoms with Gasteiger partial charge in [-0.2, -0.15) is 0 Å². The molecule has 0 saturated heterocycles. The lowest BCUT2D eigenvalue weighted by molar-refractivity contribution is -0.132. The van der Waals surface area contributed by atoms with Crippen LogP contribution in [0, 0.1) is 0 Å². The molecule has 0 aliphatic rings. The number of nitrogens with zero attached hydrogens (tertiary/aromatic N) is 3. The van der Waals surface area contributed by atoms with Gasteiger partial charge in [-0.1, -0.05) is 30.3 Å². The van der Waals surface area contributed by atoms with Gasteiger partial charge in [0.1, 0.15) is 5.82 Å². The highest BCUT2D eigenvalue weighted by Crippen LogP contribution is 2.15. The van der Waals surface area contributed by atoms with Crippen molar-refractivity contribution < 1.29 is 4.79 Å². The van der Waals surface area contributed by atoms with Crippen LogP contribution in [0.5, 0.6) is 0 Å². The van der Waals surface area contributed by atoms with Gasteiger partial charge in [0.25, 0.3) is 5.56 Å². The molecule has 0 aliphatic carbocycles. The van der Waals surface area contributed by atoms with E-state index in [0.717, 1.165) is 12.2 Å². The summed E-state index contributed by atoms with van der Waals surface area (Å²) in [5, 5.41) is 0.551. The Balaban J connectivity index is 1.81. The van der Waals surface area contributed by atoms with Crippen molar-refractivity contribution in [1.29, 1.82) is 0 Å². The van der Waals surface area contributed by atoms with E-state index in [1.807, 2.05) is 74.2 Å². The summed E-state index contributed by atoms with van der Waals surface area (Å²) in [6, 6.07) is 17.1. The van der Waals surface area contributed by atoms with E-state index in [4.69, 9.17) is 0 Å². The normalized spacial score (nSPS) is 11.0. The summed E-state index contributed by atoms with van der Waals surface area (Å²) >= 11 is 0. The number of anilines is 1. The van der Waals surface area contributed by atoms with E-state index in [0.29, 0.717) is 16.7 Å². The fourth-order valence-corrected chi connectivity index (χ4v) is 3.21. The third kappa shape index (κ3) is 4.39. The maximum absolute atomic E-state index is 13.0. The number of para-hydroxylation sites is 2. The molecule has 0 radical (unpaired) electrons. The van der Waals surface area contributed by atoms with Crippen LogP contribution in [-0.4, -0.2) is 39.9 Å². The number of aromatic nitrogens is 2. The number of likely N-dealkylation sites (N-methyl/N-ethyl adjacent to an activating group) is 1. The Morgan fingerprint density at radius 1 is 1.07 bits per heavy atom. The van der Waals surface area contributed by atoms with E-state index in [1.165, 1.54) is 0 Å². The first-order chi connectivity index (χ1) is 13.5. The standard InChI is InChI=1S/C22H26N4O2/c1-4-25(17-10-6-5-7-11-17)15-21(27)26(16(2)3)14-20-23-19-13-9-8-12-18(19)22(28)24-20/h5-13,16H,4,14-15H2,1-3H3,(H,23,24,28). The van der Waals surface area contributed by atoms with Crippen molar-refractivity contribution >= 4 is 22.5 Å². The second-order valence-corrected chi connectivity index (χ2v) is 6.99. The van der Waals surface area contributed by atoms with E-state index in [1.54, 1.807) is 11.0 Å². The van der Waals surface area contributed by atoms with Crippen molar-refractivity contribution in [3.8, 4) is 0 Å². The minimum atomic E-state index is -0.184. The quantitative estimate of drug-likeness (QED) is 0.686. The number of rotatable bonds is 7. The topological polar surface area (TPSA) is 69.3 Å². The van der Waals surface area contributed by atoms with Gasteiger partial charge in [0, 0.05) is 18.3 Å². The monoisotopic (exact) mass is 378 g/mol. The van der Waals surface area contributed by atoms with Gasteiger partial charge in [-0.3, -0.25) is 9.59 Å². The third-order valence-corrected chi connectivity index (χ3v) is 4.75. The summed E-state index contributed by atoms with van der Waals surface area (Å²) in [6.45, 7) is 7.24. The van der Waals surface area contributed by atoms with Gasteiger partial charge in [0.2, 0.25) is 5.91 Å². The van der Waals surface area contributed by atoms with Gasteiger partial charge in [-0.15, -0.1) is 0 Å². The number of nitrogens with one attached hydrogen (secondary N) is 1. The zero-order valence-corrected chi connectivity index (χ0v) is 16.6. The Labute approximate surface area is 164 Å². The van der Waals surface area contributed by atoms with Crippen LogP contribution in [0.25, 0.3) is 10.9 Å². The molecule has 1 N–H and O–H groups in total. The predicted molar refractivity (Wildman–Crippen MR) is 112 cm³/mol. The molecule has 6 nitrogen and oxygen atoms in total. The molecule has 1 amide bonds. The molecular weight excluding hydrogens is 352 g/mol. The lowest BCUT2D eigenvalue weighted by Gasteiger charge is -2.30. The van der Waals surface area contributed by atoms with Gasteiger partial charge < -0.3 is 14.8 Å². The number of carbonyl (C=O) groups excluding carboxylic acids is 1. The van der Waals surface area contributed by atoms with Crippen molar-refractivity contribution in [2.75, 3.05) is 18.0 Å². The number of aromatic amines is 1. The summed E-state index contributed by atoms with van der Waals surface area (Å²) in [6.07, 6.45) is 0. The van der Waals surface area contributed by atoms with Crippen LogP contribution in [0.15, 0.2) is 59.4 Å². The second-order valence-electron chi connectivity index (χ2n) is 6.99. The van der Waals surface area contributed by atoms with Crippen molar-refractivity contribution in [3.63, 3.8) is 0 Å². The third-order valence-electron chi connectivity index (χ3n) is 4.75. The molecule has 28 heavy (non-hydrogen) atoms. The average molecular weight is 378 g/mol. The van der Waals surface area contributed by atoms with Crippen LogP contribution < -0.4 is 10.5 Å². The zero-order chi connectivity index (χ0) is 20.1. The minimum absolute atomic E-state index is 0.00323. The fourth-order valence-electron chi connectivity index (χ4n) is 3.21. The summed E-state index contributed by atoms with van der Waals surface area (Å²) in [5.74, 6) is 0.491. The van der Waals surface area contributed by atoms with Gasteiger partial charge >= 0.3 is 0 Å². The van der Waals surface area contributed by atoms with Crippen molar-refractivity contribution in [2.45, 2.75) is 33.4 Å². The zero-order valence-electron chi connectivity index (χ0n) is 16.6. The molecule has 1 aromatic heterocycles. The number of benzene rings is 2. The molecular formula is C22H26N4O2. The molecule has 0 bridgehead atoms. The van der Waals surface area contributed by atoms with E-state index < -0.39 is 0 Å². The average Bonchev–Trinajstić information content (AvgIpc) is 2.70. The van der Waals surface area contributed by atoms with E-state index in [9.17, 15) is 9.59 Å². The first-order valence-corrected chi connectivity index (χ1v) is 9.57. The maximum atomic E-state index is 13.0. The van der Waals surface area contributed by atoms with Crippen LogP contribution in [0.1, 0.15) is 26.6 Å². The van der Waals surface area contributed by atoms with Crippen molar-refractivity contribution in [2.24, 2.45) is 0 Å². The van der Waals surface area contributed by atoms with Crippen LogP contribution >= 0.6 is 0 Å². The number of hydrogen-bond acceptors (Lipinski definition) is 4. The molecule has 3 aromatic rings. The molecule has 0 unspecified atom stereocenters. The highest BCUT2D eigenvalue weighted by molar-refractivity contribution is 5.82. The first kappa shape index (κ1) is 19.6. The Morgan fingerprint density at radius 2 is 1.75 bits per heavy atom. The lowest BCUT2D eigenvalue weighted by atomic mass is 10.2. The molecule has 0 saturated carbocycles. The SMILES string of the molecule is CCN(CC(=O)N(Cc1nc2ccccc2c(=O)[nH]1)C(C)C)c1ccccc1. The largest absolute Gasteiger partial charge is 0.362 e. The molecule has 6 heteroatoms. The maximum Gasteiger partial charge on any atom is 0.258 e. The number of H-pyrrole nitrogens is 1. The van der Waals surface area contributed by atoms with E-state index >= 15 is 0 Å². The Kier molecular flexibility index (Phi) is 6.09. The van der Waals surface area contributed by atoms with Crippen LogP contribution in [0.2, 0.25) is 0 Å². The highest BCUT2D eigenvalue weighted by Gasteiger charge is 2.21. The molecule has 0 spiro atoms. The number of hydrogen-bond donors (Lipinski definition) is 1. The number of carbonyl (C=O) groups is 1. The van der Waals surface area contributed by atoms with Crippen LogP contribution in [-0.2, 0) is 11.3 Å². The van der Waals surface area contributed by atoms with E-state index in [-0.39, 0.29) is 30.6 Å². The summed E-state index contributed by atoms with van der Waals surface area (Å²) < 4.78 is 0. The molecule has 3 rings (SSSR count). The van der Waals surface area contributed by atoms with Crippen molar-refractivity contribution in [1.82, 2.24) is 14.9 Å². The van der Waals surface area contributed by atoms with Gasteiger partial charge in [-0.05, 0) is 45.0 Å². The smallest absolute Gasteiger partial charge is 0.258 e. The molecule has 146 valence electrons. The minimum Gasteiger partial charge on any atom is -0.362 e. The van der Waals surface area contributed by atoms with E-state index in [2.05, 4.69) is 9.97 Å². The highest BCUT2D eigenvalue weighted by atomic mass is 16.2. The number of fused-ring (bicyclic) bond motifs is 1. The van der Waals surface area contributed by atoms with Gasteiger partial charge in [0.15, 0.2) is 0 Å². The molecule has 2 aromatic carbocycles. The van der Waals surface area contributed by atoms with Crippen LogP contribution in [0.4, 0.5) is 5.69 Å². The second kappa shape index (κ2) is 8.69. The molecule has 0 fully saturated rings. The Morgan fingerprint density at radius 3 is 2.43 bits per heavy atom. The van der Waals surface area contributed by atoms with Gasteiger partial charge in [0.05, 0.1) is 24.0 Å². The van der Waals surface area contributed by atoms with Crippen LogP contribution in [0.3, 0.4) is 0 Å². The first-order valence-electron chi connectivity index (χ1n) is 9.57. The molecule has 0 atom stereocenters. The number of amides is 1. The fraction of sp³-hybridized carbons (Fsp3) is 0.318. The van der Waals surface area contributed by atoms with Gasteiger partial charge in [-0.25, -0.2) is 4.98 Å². The lowest BCUT2D eigenvalue weighted by Crippen LogP contribution is -2.44. The predicted octanol–water partition coefficient (Wildman–Crippen LogP) is 3.19. The molecule has 1 heterocycles. The summed E-state index contributed by atoms with van der Waals surface area (Å²) in [4.78, 5) is 36.5. The summed E-state index contributed by atoms with van der Waals surface area (Å²) in [5.41, 5.74) is 1.47. The van der Waals surface area contributed by atoms with Crippen molar-refractivity contribution in [3.05, 3.63) is 70.8 Å². The molecule has 0 aliphatic heterocycles. The Hall–Kier alpha value is -3.15. The summed E-state index contributed by atoms with van der Waals surface area (Å²) in [7, 11) is 0. The Bertz CT molecular complexity index is 998.